The lowest BCUT2D eigenvalue weighted by molar-refractivity contribution is -0.119. The summed E-state index contributed by atoms with van der Waals surface area (Å²) in [6.45, 7) is 1.83. The number of amides is 3. The van der Waals surface area contributed by atoms with Crippen molar-refractivity contribution in [1.29, 1.82) is 0 Å². The number of benzene rings is 2. The number of rotatable bonds is 7. The Morgan fingerprint density at radius 1 is 0.967 bits per heavy atom. The molecule has 156 valence electrons. The molecule has 0 saturated heterocycles. The van der Waals surface area contributed by atoms with Crippen molar-refractivity contribution >= 4 is 35.2 Å². The van der Waals surface area contributed by atoms with Crippen molar-refractivity contribution in [3.05, 3.63) is 65.7 Å². The van der Waals surface area contributed by atoms with Crippen LogP contribution in [-0.4, -0.2) is 17.7 Å². The van der Waals surface area contributed by atoms with E-state index in [-0.39, 0.29) is 23.6 Å². The van der Waals surface area contributed by atoms with Crippen molar-refractivity contribution in [3.8, 4) is 0 Å². The van der Waals surface area contributed by atoms with Crippen molar-refractivity contribution < 1.29 is 14.4 Å². The first-order chi connectivity index (χ1) is 14.5. The van der Waals surface area contributed by atoms with E-state index >= 15 is 0 Å². The second-order valence-electron chi connectivity index (χ2n) is 7.53. The molecule has 0 heterocycles. The van der Waals surface area contributed by atoms with E-state index in [2.05, 4.69) is 16.0 Å². The molecule has 0 aromatic heterocycles. The standard InChI is InChI=1S/C24H27N3O3/c1-17(28)26-21-12-9-18(10-13-21)11-14-23(29)25-16-19-5-4-8-22(15-19)27-24(30)20-6-2-3-7-20/h4-5,8-15,20H,2-3,6-7,16H2,1H3,(H,25,29)(H,26,28)(H,27,30). The molecule has 3 amide bonds. The number of nitrogens with one attached hydrogen (secondary N) is 3. The van der Waals surface area contributed by atoms with E-state index in [0.29, 0.717) is 12.2 Å². The molecular formula is C24H27N3O3. The maximum absolute atomic E-state index is 12.3. The molecule has 1 saturated carbocycles. The zero-order valence-electron chi connectivity index (χ0n) is 17.1. The van der Waals surface area contributed by atoms with Crippen LogP contribution in [0.4, 0.5) is 11.4 Å². The third kappa shape index (κ3) is 6.58. The van der Waals surface area contributed by atoms with E-state index in [9.17, 15) is 14.4 Å². The molecule has 30 heavy (non-hydrogen) atoms. The fourth-order valence-electron chi connectivity index (χ4n) is 3.49. The number of carbonyl (C=O) groups is 3. The first kappa shape index (κ1) is 21.3. The van der Waals surface area contributed by atoms with Crippen LogP contribution in [0.15, 0.2) is 54.6 Å². The lowest BCUT2D eigenvalue weighted by Crippen LogP contribution is -2.21. The Balaban J connectivity index is 1.48. The van der Waals surface area contributed by atoms with Crippen LogP contribution in [0.1, 0.15) is 43.7 Å². The molecule has 3 N–H and O–H groups in total. The highest BCUT2D eigenvalue weighted by Crippen LogP contribution is 2.26. The Hall–Kier alpha value is -3.41. The van der Waals surface area contributed by atoms with Gasteiger partial charge in [-0.3, -0.25) is 14.4 Å². The van der Waals surface area contributed by atoms with Gasteiger partial charge in [-0.25, -0.2) is 0 Å². The Kier molecular flexibility index (Phi) is 7.38. The van der Waals surface area contributed by atoms with Crippen LogP contribution < -0.4 is 16.0 Å². The first-order valence-electron chi connectivity index (χ1n) is 10.2. The van der Waals surface area contributed by atoms with E-state index < -0.39 is 0 Å². The van der Waals surface area contributed by atoms with Gasteiger partial charge in [0.05, 0.1) is 0 Å². The smallest absolute Gasteiger partial charge is 0.244 e. The fraction of sp³-hybridized carbons (Fsp3) is 0.292. The zero-order valence-corrected chi connectivity index (χ0v) is 17.1. The van der Waals surface area contributed by atoms with E-state index in [1.807, 2.05) is 36.4 Å². The number of hydrogen-bond acceptors (Lipinski definition) is 3. The van der Waals surface area contributed by atoms with Crippen LogP contribution >= 0.6 is 0 Å². The molecule has 0 radical (unpaired) electrons. The van der Waals surface area contributed by atoms with Gasteiger partial charge in [0.2, 0.25) is 17.7 Å². The topological polar surface area (TPSA) is 87.3 Å². The average Bonchev–Trinajstić information content (AvgIpc) is 3.27. The first-order valence-corrected chi connectivity index (χ1v) is 10.2. The predicted molar refractivity (Wildman–Crippen MR) is 119 cm³/mol. The number of carbonyl (C=O) groups excluding carboxylic acids is 3. The Morgan fingerprint density at radius 3 is 2.40 bits per heavy atom. The van der Waals surface area contributed by atoms with Crippen molar-refractivity contribution in [3.63, 3.8) is 0 Å². The second kappa shape index (κ2) is 10.4. The summed E-state index contributed by atoms with van der Waals surface area (Å²) in [6, 6.07) is 14.8. The summed E-state index contributed by atoms with van der Waals surface area (Å²) < 4.78 is 0. The molecule has 0 unspecified atom stereocenters. The van der Waals surface area contributed by atoms with E-state index in [0.717, 1.165) is 42.5 Å². The number of hydrogen-bond donors (Lipinski definition) is 3. The highest BCUT2D eigenvalue weighted by atomic mass is 16.2. The van der Waals surface area contributed by atoms with Gasteiger partial charge in [-0.2, -0.15) is 0 Å². The minimum absolute atomic E-state index is 0.0844. The predicted octanol–water partition coefficient (Wildman–Crippen LogP) is 4.10. The van der Waals surface area contributed by atoms with Crippen LogP contribution in [0.3, 0.4) is 0 Å². The molecule has 0 atom stereocenters. The van der Waals surface area contributed by atoms with Crippen molar-refractivity contribution in [2.45, 2.75) is 39.2 Å². The van der Waals surface area contributed by atoms with Crippen molar-refractivity contribution in [2.75, 3.05) is 10.6 Å². The maximum atomic E-state index is 12.3. The Labute approximate surface area is 176 Å². The summed E-state index contributed by atoms with van der Waals surface area (Å²) in [5.74, 6) is -0.131. The largest absolute Gasteiger partial charge is 0.348 e. The molecule has 6 nitrogen and oxygen atoms in total. The summed E-state index contributed by atoms with van der Waals surface area (Å²) in [6.07, 6.45) is 7.35. The molecule has 0 aliphatic heterocycles. The Bertz CT molecular complexity index is 929. The highest BCUT2D eigenvalue weighted by molar-refractivity contribution is 5.93. The van der Waals surface area contributed by atoms with Gasteiger partial charge >= 0.3 is 0 Å². The maximum Gasteiger partial charge on any atom is 0.244 e. The van der Waals surface area contributed by atoms with Gasteiger partial charge in [0.1, 0.15) is 0 Å². The zero-order chi connectivity index (χ0) is 21.3. The van der Waals surface area contributed by atoms with Gasteiger partial charge < -0.3 is 16.0 Å². The van der Waals surface area contributed by atoms with Crippen molar-refractivity contribution in [2.24, 2.45) is 5.92 Å². The van der Waals surface area contributed by atoms with Gasteiger partial charge in [0.25, 0.3) is 0 Å². The molecule has 2 aromatic carbocycles. The van der Waals surface area contributed by atoms with Gasteiger partial charge in [0, 0.05) is 36.8 Å². The molecule has 3 rings (SSSR count). The minimum Gasteiger partial charge on any atom is -0.348 e. The van der Waals surface area contributed by atoms with Crippen LogP contribution in [0.2, 0.25) is 0 Å². The average molecular weight is 405 g/mol. The van der Waals surface area contributed by atoms with Crippen LogP contribution in [0, 0.1) is 5.92 Å². The van der Waals surface area contributed by atoms with Gasteiger partial charge in [-0.05, 0) is 54.3 Å². The van der Waals surface area contributed by atoms with Gasteiger partial charge in [-0.1, -0.05) is 37.1 Å². The summed E-state index contributed by atoms with van der Waals surface area (Å²) in [5, 5.41) is 8.53. The SMILES string of the molecule is CC(=O)Nc1ccc(C=CC(=O)NCc2cccc(NC(=O)C3CCCC3)c2)cc1. The molecule has 0 spiro atoms. The molecule has 6 heteroatoms. The summed E-state index contributed by atoms with van der Waals surface area (Å²) >= 11 is 0. The monoisotopic (exact) mass is 405 g/mol. The summed E-state index contributed by atoms with van der Waals surface area (Å²) in [4.78, 5) is 35.4. The molecular weight excluding hydrogens is 378 g/mol. The lowest BCUT2D eigenvalue weighted by Gasteiger charge is -2.11. The summed E-state index contributed by atoms with van der Waals surface area (Å²) in [5.41, 5.74) is 3.24. The van der Waals surface area contributed by atoms with Crippen molar-refractivity contribution in [1.82, 2.24) is 5.32 Å². The van der Waals surface area contributed by atoms with E-state index in [1.54, 1.807) is 18.2 Å². The summed E-state index contributed by atoms with van der Waals surface area (Å²) in [7, 11) is 0. The normalized spacial score (nSPS) is 13.9. The second-order valence-corrected chi connectivity index (χ2v) is 7.53. The third-order valence-electron chi connectivity index (χ3n) is 5.05. The van der Waals surface area contributed by atoms with Gasteiger partial charge in [0.15, 0.2) is 0 Å². The third-order valence-corrected chi connectivity index (χ3v) is 5.05. The Morgan fingerprint density at radius 2 is 1.70 bits per heavy atom. The van der Waals surface area contributed by atoms with E-state index in [4.69, 9.17) is 0 Å². The van der Waals surface area contributed by atoms with Crippen LogP contribution in [-0.2, 0) is 20.9 Å². The van der Waals surface area contributed by atoms with Crippen LogP contribution in [0.5, 0.6) is 0 Å². The minimum atomic E-state index is -0.207. The number of anilines is 2. The van der Waals surface area contributed by atoms with E-state index in [1.165, 1.54) is 13.0 Å². The highest BCUT2D eigenvalue weighted by Gasteiger charge is 2.22. The quantitative estimate of drug-likeness (QED) is 0.606. The lowest BCUT2D eigenvalue weighted by atomic mass is 10.1. The van der Waals surface area contributed by atoms with Crippen LogP contribution in [0.25, 0.3) is 6.08 Å². The fourth-order valence-corrected chi connectivity index (χ4v) is 3.49. The van der Waals surface area contributed by atoms with Gasteiger partial charge in [-0.15, -0.1) is 0 Å². The molecule has 1 aliphatic carbocycles. The molecule has 1 fully saturated rings. The molecule has 0 bridgehead atoms. The molecule has 2 aromatic rings. The molecule has 1 aliphatic rings.